The predicted octanol–water partition coefficient (Wildman–Crippen LogP) is 4.80. The van der Waals surface area contributed by atoms with Crippen molar-refractivity contribution in [2.45, 2.75) is 39.3 Å². The standard InChI is InChI=1S/C28H29N7O2/c1-19-16-33(12-13-34(19)27(36)37-28(2,3)4)25-24-22(21-8-6-5-7-9-21)17-35(26(24)32-18-31-25)23-14-20(15-29)10-11-30-23/h5-11,14,17-19H,12-13,16H2,1-4H3. The van der Waals surface area contributed by atoms with Gasteiger partial charge in [0.25, 0.3) is 0 Å². The minimum Gasteiger partial charge on any atom is -0.444 e. The number of ether oxygens (including phenoxy) is 1. The molecule has 9 nitrogen and oxygen atoms in total. The van der Waals surface area contributed by atoms with E-state index in [9.17, 15) is 10.1 Å². The van der Waals surface area contributed by atoms with Crippen LogP contribution in [0.25, 0.3) is 28.0 Å². The van der Waals surface area contributed by atoms with Gasteiger partial charge in [-0.1, -0.05) is 30.3 Å². The number of hydrogen-bond donors (Lipinski definition) is 0. The van der Waals surface area contributed by atoms with Crippen LogP contribution in [0.3, 0.4) is 0 Å². The molecular weight excluding hydrogens is 466 g/mol. The number of piperazine rings is 1. The van der Waals surface area contributed by atoms with Crippen molar-refractivity contribution in [2.75, 3.05) is 24.5 Å². The Morgan fingerprint density at radius 2 is 1.89 bits per heavy atom. The molecule has 0 saturated carbocycles. The lowest BCUT2D eigenvalue weighted by molar-refractivity contribution is 0.0159. The van der Waals surface area contributed by atoms with Crippen molar-refractivity contribution in [1.29, 1.82) is 5.26 Å². The molecule has 3 aromatic heterocycles. The van der Waals surface area contributed by atoms with Crippen molar-refractivity contribution in [3.63, 3.8) is 0 Å². The molecule has 1 aliphatic rings. The van der Waals surface area contributed by atoms with Crippen LogP contribution in [0.2, 0.25) is 0 Å². The maximum absolute atomic E-state index is 12.8. The molecule has 0 bridgehead atoms. The number of fused-ring (bicyclic) bond motifs is 1. The van der Waals surface area contributed by atoms with Crippen LogP contribution in [-0.4, -0.2) is 61.8 Å². The second-order valence-corrected chi connectivity index (χ2v) is 10.2. The summed E-state index contributed by atoms with van der Waals surface area (Å²) in [5.41, 5.74) is 2.68. The molecule has 1 aliphatic heterocycles. The monoisotopic (exact) mass is 495 g/mol. The number of hydrogen-bond acceptors (Lipinski definition) is 7. The summed E-state index contributed by atoms with van der Waals surface area (Å²) in [6.07, 6.45) is 4.89. The molecule has 4 aromatic rings. The lowest BCUT2D eigenvalue weighted by Gasteiger charge is -2.40. The topological polar surface area (TPSA) is 100 Å². The van der Waals surface area contributed by atoms with E-state index in [1.165, 1.54) is 0 Å². The van der Waals surface area contributed by atoms with Crippen molar-refractivity contribution in [3.05, 3.63) is 66.7 Å². The van der Waals surface area contributed by atoms with Gasteiger partial charge in [0.2, 0.25) is 0 Å². The first kappa shape index (κ1) is 24.3. The highest BCUT2D eigenvalue weighted by Crippen LogP contribution is 2.37. The summed E-state index contributed by atoms with van der Waals surface area (Å²) in [4.78, 5) is 30.6. The zero-order chi connectivity index (χ0) is 26.2. The van der Waals surface area contributed by atoms with E-state index in [0.29, 0.717) is 36.7 Å². The Morgan fingerprint density at radius 3 is 2.59 bits per heavy atom. The van der Waals surface area contributed by atoms with Crippen LogP contribution in [0.4, 0.5) is 10.6 Å². The predicted molar refractivity (Wildman–Crippen MR) is 141 cm³/mol. The summed E-state index contributed by atoms with van der Waals surface area (Å²) in [5, 5.41) is 10.3. The van der Waals surface area contributed by atoms with Crippen molar-refractivity contribution in [1.82, 2.24) is 24.4 Å². The van der Waals surface area contributed by atoms with Gasteiger partial charge in [0.15, 0.2) is 5.65 Å². The van der Waals surface area contributed by atoms with Crippen LogP contribution in [0.1, 0.15) is 33.3 Å². The SMILES string of the molecule is CC1CN(c2ncnc3c2c(-c2ccccc2)cn3-c2cc(C#N)ccn2)CCN1C(=O)OC(C)(C)C. The molecule has 4 heterocycles. The van der Waals surface area contributed by atoms with Crippen LogP contribution in [0.5, 0.6) is 0 Å². The average molecular weight is 496 g/mol. The molecule has 0 radical (unpaired) electrons. The number of nitrogens with zero attached hydrogens (tertiary/aromatic N) is 7. The third-order valence-electron chi connectivity index (χ3n) is 6.32. The number of rotatable bonds is 3. The zero-order valence-electron chi connectivity index (χ0n) is 21.4. The first-order valence-corrected chi connectivity index (χ1v) is 12.3. The Balaban J connectivity index is 1.58. The van der Waals surface area contributed by atoms with E-state index < -0.39 is 5.60 Å². The molecule has 1 fully saturated rings. The molecule has 1 aromatic carbocycles. The highest BCUT2D eigenvalue weighted by molar-refractivity contribution is 6.02. The molecule has 0 spiro atoms. The van der Waals surface area contributed by atoms with Crippen molar-refractivity contribution >= 4 is 22.9 Å². The van der Waals surface area contributed by atoms with Crippen LogP contribution < -0.4 is 4.90 Å². The fourth-order valence-electron chi connectivity index (χ4n) is 4.66. The normalized spacial score (nSPS) is 16.0. The molecule has 0 N–H and O–H groups in total. The minimum atomic E-state index is -0.545. The summed E-state index contributed by atoms with van der Waals surface area (Å²) in [5.74, 6) is 1.41. The van der Waals surface area contributed by atoms with Crippen molar-refractivity contribution < 1.29 is 9.53 Å². The van der Waals surface area contributed by atoms with Crippen LogP contribution in [-0.2, 0) is 4.74 Å². The first-order valence-electron chi connectivity index (χ1n) is 12.3. The number of amides is 1. The Labute approximate surface area is 216 Å². The average Bonchev–Trinajstić information content (AvgIpc) is 3.28. The molecule has 1 saturated heterocycles. The third-order valence-corrected chi connectivity index (χ3v) is 6.32. The van der Waals surface area contributed by atoms with Gasteiger partial charge in [-0.05, 0) is 45.4 Å². The molecule has 0 aliphatic carbocycles. The van der Waals surface area contributed by atoms with Gasteiger partial charge in [-0.25, -0.2) is 19.7 Å². The van der Waals surface area contributed by atoms with Gasteiger partial charge in [-0.3, -0.25) is 4.57 Å². The number of carbonyl (C=O) groups is 1. The molecule has 5 rings (SSSR count). The fourth-order valence-corrected chi connectivity index (χ4v) is 4.66. The highest BCUT2D eigenvalue weighted by Gasteiger charge is 2.32. The number of carbonyl (C=O) groups excluding carboxylic acids is 1. The highest BCUT2D eigenvalue weighted by atomic mass is 16.6. The van der Waals surface area contributed by atoms with Gasteiger partial charge in [-0.15, -0.1) is 0 Å². The molecule has 188 valence electrons. The van der Waals surface area contributed by atoms with Gasteiger partial charge in [0.05, 0.1) is 17.0 Å². The van der Waals surface area contributed by atoms with Crippen molar-refractivity contribution in [2.24, 2.45) is 0 Å². The second-order valence-electron chi connectivity index (χ2n) is 10.2. The van der Waals surface area contributed by atoms with E-state index in [2.05, 4.69) is 33.1 Å². The van der Waals surface area contributed by atoms with E-state index in [0.717, 1.165) is 22.3 Å². The van der Waals surface area contributed by atoms with Gasteiger partial charge < -0.3 is 14.5 Å². The van der Waals surface area contributed by atoms with Crippen LogP contribution >= 0.6 is 0 Å². The Bertz CT molecular complexity index is 1480. The smallest absolute Gasteiger partial charge is 0.410 e. The van der Waals surface area contributed by atoms with E-state index in [4.69, 9.17) is 9.72 Å². The molecule has 37 heavy (non-hydrogen) atoms. The van der Waals surface area contributed by atoms with Crippen LogP contribution in [0.15, 0.2) is 61.2 Å². The molecule has 1 atom stereocenters. The largest absolute Gasteiger partial charge is 0.444 e. The molecule has 1 unspecified atom stereocenters. The Morgan fingerprint density at radius 1 is 1.11 bits per heavy atom. The lowest BCUT2D eigenvalue weighted by atomic mass is 10.1. The van der Waals surface area contributed by atoms with E-state index in [1.54, 1.807) is 29.6 Å². The molecule has 9 heteroatoms. The van der Waals surface area contributed by atoms with Crippen molar-refractivity contribution in [3.8, 4) is 23.0 Å². The summed E-state index contributed by atoms with van der Waals surface area (Å²) < 4.78 is 7.52. The lowest BCUT2D eigenvalue weighted by Crippen LogP contribution is -2.55. The molecule has 1 amide bonds. The van der Waals surface area contributed by atoms with Gasteiger partial charge in [0.1, 0.15) is 23.6 Å². The number of pyridine rings is 1. The number of benzene rings is 1. The zero-order valence-corrected chi connectivity index (χ0v) is 21.4. The number of aromatic nitrogens is 4. The Hall–Kier alpha value is -4.45. The molecular formula is C28H29N7O2. The van der Waals surface area contributed by atoms with E-state index >= 15 is 0 Å². The Kier molecular flexibility index (Phi) is 6.25. The van der Waals surface area contributed by atoms with E-state index in [-0.39, 0.29) is 12.1 Å². The summed E-state index contributed by atoms with van der Waals surface area (Å²) in [7, 11) is 0. The maximum Gasteiger partial charge on any atom is 0.410 e. The number of nitriles is 1. The summed E-state index contributed by atoms with van der Waals surface area (Å²) >= 11 is 0. The second kappa shape index (κ2) is 9.54. The summed E-state index contributed by atoms with van der Waals surface area (Å²) in [6.45, 7) is 9.38. The van der Waals surface area contributed by atoms with Crippen LogP contribution in [0, 0.1) is 11.3 Å². The number of anilines is 1. The first-order chi connectivity index (χ1) is 17.7. The van der Waals surface area contributed by atoms with Gasteiger partial charge >= 0.3 is 6.09 Å². The third kappa shape index (κ3) is 4.83. The minimum absolute atomic E-state index is 0.0650. The maximum atomic E-state index is 12.8. The van der Waals surface area contributed by atoms with Gasteiger partial charge in [0, 0.05) is 43.6 Å². The van der Waals surface area contributed by atoms with Gasteiger partial charge in [-0.2, -0.15) is 5.26 Å². The van der Waals surface area contributed by atoms with E-state index in [1.807, 2.05) is 56.7 Å². The quantitative estimate of drug-likeness (QED) is 0.402. The fraction of sp³-hybridized carbons (Fsp3) is 0.321. The summed E-state index contributed by atoms with van der Waals surface area (Å²) in [6, 6.07) is 15.6.